The molecule has 1 aliphatic heterocycles. The zero-order valence-electron chi connectivity index (χ0n) is 19.6. The minimum Gasteiger partial charge on any atom is -0.493 e. The first-order valence-corrected chi connectivity index (χ1v) is 11.2. The summed E-state index contributed by atoms with van der Waals surface area (Å²) < 4.78 is 18.8. The molecule has 0 radical (unpaired) electrons. The lowest BCUT2D eigenvalue weighted by molar-refractivity contribution is 0.122. The molecule has 10 nitrogen and oxygen atoms in total. The lowest BCUT2D eigenvalue weighted by Gasteiger charge is -2.27. The fourth-order valence-electron chi connectivity index (χ4n) is 3.93. The predicted octanol–water partition coefficient (Wildman–Crippen LogP) is 3.40. The van der Waals surface area contributed by atoms with Gasteiger partial charge in [-0.15, -0.1) is 0 Å². The summed E-state index contributed by atoms with van der Waals surface area (Å²) in [6, 6.07) is 11.5. The van der Waals surface area contributed by atoms with E-state index in [1.165, 1.54) is 0 Å². The summed E-state index contributed by atoms with van der Waals surface area (Å²) >= 11 is 0. The smallest absolute Gasteiger partial charge is 0.162 e. The number of rotatable bonds is 7. The zero-order valence-corrected chi connectivity index (χ0v) is 19.6. The number of nitrogens with one attached hydrogen (secondary N) is 1. The van der Waals surface area contributed by atoms with Gasteiger partial charge in [0.1, 0.15) is 35.4 Å². The maximum Gasteiger partial charge on any atom is 0.162 e. The van der Waals surface area contributed by atoms with E-state index in [-0.39, 0.29) is 0 Å². The second-order valence-electron chi connectivity index (χ2n) is 8.03. The third-order valence-electron chi connectivity index (χ3n) is 5.87. The Kier molecular flexibility index (Phi) is 6.32. The molecule has 1 N–H and O–H groups in total. The topological polar surface area (TPSA) is 110 Å². The minimum atomic E-state index is 0.319. The van der Waals surface area contributed by atoms with Gasteiger partial charge in [0.15, 0.2) is 11.5 Å². The van der Waals surface area contributed by atoms with Crippen LogP contribution in [0.5, 0.6) is 11.5 Å². The normalized spacial score (nSPS) is 13.5. The van der Waals surface area contributed by atoms with Crippen LogP contribution in [0.1, 0.15) is 11.4 Å². The average Bonchev–Trinajstić information content (AvgIpc) is 3.32. The Balaban J connectivity index is 1.41. The van der Waals surface area contributed by atoms with Gasteiger partial charge in [-0.05, 0) is 24.3 Å². The maximum atomic E-state index is 9.98. The Labute approximate surface area is 202 Å². The molecule has 0 spiro atoms. The van der Waals surface area contributed by atoms with E-state index in [9.17, 15) is 5.26 Å². The summed E-state index contributed by atoms with van der Waals surface area (Å²) in [6.07, 6.45) is 5.34. The van der Waals surface area contributed by atoms with Crippen molar-refractivity contribution in [2.24, 2.45) is 7.05 Å². The van der Waals surface area contributed by atoms with Crippen LogP contribution in [-0.4, -0.2) is 52.9 Å². The summed E-state index contributed by atoms with van der Waals surface area (Å²) in [5, 5.41) is 13.3. The first-order valence-electron chi connectivity index (χ1n) is 11.2. The molecule has 35 heavy (non-hydrogen) atoms. The highest BCUT2D eigenvalue weighted by atomic mass is 16.5. The van der Waals surface area contributed by atoms with Gasteiger partial charge in [0.2, 0.25) is 0 Å². The van der Waals surface area contributed by atoms with Crippen LogP contribution in [0.4, 0.5) is 17.2 Å². The highest BCUT2D eigenvalue weighted by Gasteiger charge is 2.17. The summed E-state index contributed by atoms with van der Waals surface area (Å²) in [5.41, 5.74) is 3.04. The molecule has 0 amide bonds. The number of hydrogen-bond donors (Lipinski definition) is 1. The van der Waals surface area contributed by atoms with Gasteiger partial charge in [0.05, 0.1) is 37.7 Å². The quantitative estimate of drug-likeness (QED) is 0.433. The standard InChI is InChI=1S/C25H25N7O3/c1-31-8-7-27-24(31)16-35-21-6-3-17(13-22(21)33-2)29-19-4-5-20-25(18(19)14-26)30-23(15-28-20)32-9-11-34-12-10-32/h3-8,13,15,29H,9-12,16H2,1-2H3. The number of imidazole rings is 1. The average molecular weight is 472 g/mol. The first kappa shape index (κ1) is 22.4. The van der Waals surface area contributed by atoms with E-state index in [1.54, 1.807) is 19.5 Å². The maximum absolute atomic E-state index is 9.98. The molecule has 1 aliphatic rings. The molecule has 2 aromatic carbocycles. The highest BCUT2D eigenvalue weighted by molar-refractivity contribution is 5.89. The number of nitrogens with zero attached hydrogens (tertiary/aromatic N) is 6. The predicted molar refractivity (Wildman–Crippen MR) is 131 cm³/mol. The number of aryl methyl sites for hydroxylation is 1. The molecule has 0 bridgehead atoms. The lowest BCUT2D eigenvalue weighted by Crippen LogP contribution is -2.36. The molecule has 0 aliphatic carbocycles. The third-order valence-corrected chi connectivity index (χ3v) is 5.87. The van der Waals surface area contributed by atoms with E-state index >= 15 is 0 Å². The molecular weight excluding hydrogens is 446 g/mol. The third kappa shape index (κ3) is 4.67. The van der Waals surface area contributed by atoms with Crippen molar-refractivity contribution in [1.29, 1.82) is 5.26 Å². The van der Waals surface area contributed by atoms with E-state index in [2.05, 4.69) is 26.3 Å². The van der Waals surface area contributed by atoms with Crippen LogP contribution in [0.25, 0.3) is 11.0 Å². The Bertz CT molecular complexity index is 1390. The summed E-state index contributed by atoms with van der Waals surface area (Å²) in [5.74, 6) is 2.71. The molecule has 3 heterocycles. The number of ether oxygens (including phenoxy) is 3. The largest absolute Gasteiger partial charge is 0.493 e. The van der Waals surface area contributed by atoms with Gasteiger partial charge in [0, 0.05) is 44.3 Å². The Morgan fingerprint density at radius 2 is 2.00 bits per heavy atom. The summed E-state index contributed by atoms with van der Waals surface area (Å²) in [4.78, 5) is 15.7. The summed E-state index contributed by atoms with van der Waals surface area (Å²) in [6.45, 7) is 3.11. The minimum absolute atomic E-state index is 0.319. The van der Waals surface area contributed by atoms with Crippen LogP contribution in [0, 0.1) is 11.3 Å². The Morgan fingerprint density at radius 1 is 1.14 bits per heavy atom. The van der Waals surface area contributed by atoms with E-state index in [1.807, 2.05) is 48.1 Å². The van der Waals surface area contributed by atoms with E-state index in [4.69, 9.17) is 19.2 Å². The van der Waals surface area contributed by atoms with Crippen molar-refractivity contribution in [3.8, 4) is 17.6 Å². The zero-order chi connectivity index (χ0) is 24.2. The van der Waals surface area contributed by atoms with Crippen molar-refractivity contribution in [2.75, 3.05) is 43.6 Å². The van der Waals surface area contributed by atoms with Gasteiger partial charge in [-0.3, -0.25) is 4.98 Å². The van der Waals surface area contributed by atoms with Gasteiger partial charge >= 0.3 is 0 Å². The number of benzene rings is 2. The molecule has 0 unspecified atom stereocenters. The van der Waals surface area contributed by atoms with Crippen LogP contribution in [-0.2, 0) is 18.4 Å². The van der Waals surface area contributed by atoms with Crippen molar-refractivity contribution in [3.63, 3.8) is 0 Å². The summed E-state index contributed by atoms with van der Waals surface area (Å²) in [7, 11) is 3.51. The number of fused-ring (bicyclic) bond motifs is 1. The van der Waals surface area contributed by atoms with Crippen molar-refractivity contribution >= 4 is 28.2 Å². The van der Waals surface area contributed by atoms with Crippen LogP contribution in [0.3, 0.4) is 0 Å². The van der Waals surface area contributed by atoms with Gasteiger partial charge < -0.3 is 29.0 Å². The molecule has 5 rings (SSSR count). The molecule has 4 aromatic rings. The lowest BCUT2D eigenvalue weighted by atomic mass is 10.1. The van der Waals surface area contributed by atoms with Crippen molar-refractivity contribution in [3.05, 3.63) is 60.3 Å². The van der Waals surface area contributed by atoms with Crippen LogP contribution < -0.4 is 19.7 Å². The molecule has 10 heteroatoms. The fraction of sp³-hybridized carbons (Fsp3) is 0.280. The van der Waals surface area contributed by atoms with Crippen molar-refractivity contribution in [2.45, 2.75) is 6.61 Å². The molecule has 2 aromatic heterocycles. The molecule has 178 valence electrons. The number of anilines is 3. The SMILES string of the molecule is COc1cc(Nc2ccc3ncc(N4CCOCC4)nc3c2C#N)ccc1OCc1nccn1C. The van der Waals surface area contributed by atoms with Gasteiger partial charge in [0.25, 0.3) is 0 Å². The number of nitriles is 1. The first-order chi connectivity index (χ1) is 17.2. The van der Waals surface area contributed by atoms with E-state index < -0.39 is 0 Å². The van der Waals surface area contributed by atoms with Crippen LogP contribution in [0.15, 0.2) is 48.9 Å². The van der Waals surface area contributed by atoms with E-state index in [0.717, 1.165) is 30.4 Å². The Morgan fingerprint density at radius 3 is 2.74 bits per heavy atom. The van der Waals surface area contributed by atoms with Crippen molar-refractivity contribution < 1.29 is 14.2 Å². The molecule has 0 saturated carbocycles. The highest BCUT2D eigenvalue weighted by Crippen LogP contribution is 2.34. The monoisotopic (exact) mass is 471 g/mol. The van der Waals surface area contributed by atoms with Gasteiger partial charge in [-0.1, -0.05) is 0 Å². The number of methoxy groups -OCH3 is 1. The molecule has 1 saturated heterocycles. The van der Waals surface area contributed by atoms with Crippen LogP contribution in [0.2, 0.25) is 0 Å². The van der Waals surface area contributed by atoms with Gasteiger partial charge in [-0.2, -0.15) is 5.26 Å². The van der Waals surface area contributed by atoms with Gasteiger partial charge in [-0.25, -0.2) is 9.97 Å². The molecule has 1 fully saturated rings. The number of aromatic nitrogens is 4. The Hall–Kier alpha value is -4.36. The van der Waals surface area contributed by atoms with Crippen molar-refractivity contribution in [1.82, 2.24) is 19.5 Å². The second-order valence-corrected chi connectivity index (χ2v) is 8.03. The van der Waals surface area contributed by atoms with E-state index in [0.29, 0.717) is 53.6 Å². The molecular formula is C25H25N7O3. The second kappa shape index (κ2) is 9.87. The van der Waals surface area contributed by atoms with Crippen LogP contribution >= 0.6 is 0 Å². The number of morpholine rings is 1. The fourth-order valence-corrected chi connectivity index (χ4v) is 3.93. The number of hydrogen-bond acceptors (Lipinski definition) is 9. The molecule has 0 atom stereocenters.